The largest absolute Gasteiger partial charge is 0.478 e. The number of carbonyl (C=O) groups is 1. The lowest BCUT2D eigenvalue weighted by molar-refractivity contribution is -0.131. The van der Waals surface area contributed by atoms with Gasteiger partial charge in [-0.05, 0) is 16.1 Å². The predicted octanol–water partition coefficient (Wildman–Crippen LogP) is 2.75. The van der Waals surface area contributed by atoms with E-state index in [1.54, 1.807) is 0 Å². The first kappa shape index (κ1) is 10.7. The minimum absolute atomic E-state index is 0.825. The molecule has 0 aliphatic heterocycles. The number of hydrogen-bond donors (Lipinski definition) is 1. The monoisotopic (exact) mass is 266 g/mol. The van der Waals surface area contributed by atoms with Crippen LogP contribution in [-0.2, 0) is 4.79 Å². The van der Waals surface area contributed by atoms with Gasteiger partial charge in [0, 0.05) is 6.08 Å². The number of carboxylic acid groups (broad SMARTS) is 1. The van der Waals surface area contributed by atoms with Crippen molar-refractivity contribution < 1.29 is 9.90 Å². The van der Waals surface area contributed by atoms with E-state index < -0.39 is 5.97 Å². The molecule has 0 aliphatic carbocycles. The average Bonchev–Trinajstić information content (AvgIpc) is 1.87. The Morgan fingerprint density at radius 2 is 2.27 bits per heavy atom. The molecule has 0 unspecified atom stereocenters. The maximum atomic E-state index is 10.2. The number of allylic oxidation sites excluding steroid dienone is 2. The lowest BCUT2D eigenvalue weighted by Crippen LogP contribution is -1.90. The summed E-state index contributed by atoms with van der Waals surface area (Å²) in [6.07, 6.45) is 4.86. The van der Waals surface area contributed by atoms with Gasteiger partial charge in [0.25, 0.3) is 0 Å². The maximum Gasteiger partial charge on any atom is 0.328 e. The molecule has 0 radical (unpaired) electrons. The highest BCUT2D eigenvalue weighted by molar-refractivity contribution is 14.1. The Bertz CT molecular complexity index is 183. The van der Waals surface area contributed by atoms with Crippen molar-refractivity contribution in [3.63, 3.8) is 0 Å². The normalized spacial score (nSPS) is 12.4. The van der Waals surface area contributed by atoms with Gasteiger partial charge in [-0.1, -0.05) is 42.0 Å². The van der Waals surface area contributed by atoms with Crippen molar-refractivity contribution in [2.75, 3.05) is 0 Å². The van der Waals surface area contributed by atoms with E-state index in [1.807, 2.05) is 17.1 Å². The standard InChI is InChI=1S/C8H11IO2/c1-2-3-7(4-5-9)6-8(10)11/h4-6H,2-3H2,1H3,(H,10,11)/b5-4+,7-6+. The summed E-state index contributed by atoms with van der Waals surface area (Å²) in [5, 5.41) is 8.42. The van der Waals surface area contributed by atoms with Crippen molar-refractivity contribution in [3.8, 4) is 0 Å². The molecular formula is C8H11IO2. The third-order valence-electron chi connectivity index (χ3n) is 1.12. The van der Waals surface area contributed by atoms with Crippen LogP contribution >= 0.6 is 22.6 Å². The van der Waals surface area contributed by atoms with E-state index in [-0.39, 0.29) is 0 Å². The molecule has 0 saturated carbocycles. The average molecular weight is 266 g/mol. The van der Waals surface area contributed by atoms with E-state index in [0.717, 1.165) is 18.4 Å². The van der Waals surface area contributed by atoms with Crippen molar-refractivity contribution in [2.45, 2.75) is 19.8 Å². The molecule has 0 aromatic rings. The van der Waals surface area contributed by atoms with E-state index >= 15 is 0 Å². The second-order valence-electron chi connectivity index (χ2n) is 2.10. The second-order valence-corrected chi connectivity index (χ2v) is 2.82. The van der Waals surface area contributed by atoms with E-state index in [0.29, 0.717) is 0 Å². The van der Waals surface area contributed by atoms with Gasteiger partial charge in [-0.2, -0.15) is 0 Å². The quantitative estimate of drug-likeness (QED) is 0.482. The Morgan fingerprint density at radius 3 is 2.64 bits per heavy atom. The molecular weight excluding hydrogens is 255 g/mol. The number of carboxylic acids is 1. The summed E-state index contributed by atoms with van der Waals surface area (Å²) in [6, 6.07) is 0. The van der Waals surface area contributed by atoms with Gasteiger partial charge >= 0.3 is 5.97 Å². The topological polar surface area (TPSA) is 37.3 Å². The predicted molar refractivity (Wildman–Crippen MR) is 53.8 cm³/mol. The van der Waals surface area contributed by atoms with Crippen LogP contribution in [0.2, 0.25) is 0 Å². The molecule has 0 bridgehead atoms. The highest BCUT2D eigenvalue weighted by atomic mass is 127. The van der Waals surface area contributed by atoms with Crippen LogP contribution in [0.4, 0.5) is 0 Å². The molecule has 0 heterocycles. The summed E-state index contributed by atoms with van der Waals surface area (Å²) in [4.78, 5) is 10.2. The molecule has 62 valence electrons. The summed E-state index contributed by atoms with van der Waals surface area (Å²) in [7, 11) is 0. The minimum atomic E-state index is -0.872. The van der Waals surface area contributed by atoms with Gasteiger partial charge in [0.05, 0.1) is 0 Å². The lowest BCUT2D eigenvalue weighted by atomic mass is 10.1. The Labute approximate surface area is 80.1 Å². The fraction of sp³-hybridized carbons (Fsp3) is 0.375. The van der Waals surface area contributed by atoms with E-state index in [9.17, 15) is 4.79 Å². The van der Waals surface area contributed by atoms with Crippen molar-refractivity contribution in [1.82, 2.24) is 0 Å². The molecule has 0 fully saturated rings. The van der Waals surface area contributed by atoms with Gasteiger partial charge in [0.2, 0.25) is 0 Å². The van der Waals surface area contributed by atoms with Crippen LogP contribution in [-0.4, -0.2) is 11.1 Å². The van der Waals surface area contributed by atoms with Gasteiger partial charge in [0.15, 0.2) is 0 Å². The summed E-state index contributed by atoms with van der Waals surface area (Å²) in [5.74, 6) is -0.872. The molecule has 0 aliphatic rings. The number of hydrogen-bond acceptors (Lipinski definition) is 1. The first-order chi connectivity index (χ1) is 5.20. The maximum absolute atomic E-state index is 10.2. The van der Waals surface area contributed by atoms with Crippen LogP contribution in [0.3, 0.4) is 0 Å². The highest BCUT2D eigenvalue weighted by Gasteiger charge is 1.94. The molecule has 3 heteroatoms. The Morgan fingerprint density at radius 1 is 1.64 bits per heavy atom. The summed E-state index contributed by atoms with van der Waals surface area (Å²) >= 11 is 2.07. The van der Waals surface area contributed by atoms with Crippen LogP contribution in [0.1, 0.15) is 19.8 Å². The molecule has 0 atom stereocenters. The number of aliphatic carboxylic acids is 1. The van der Waals surface area contributed by atoms with E-state index in [2.05, 4.69) is 22.6 Å². The van der Waals surface area contributed by atoms with Gasteiger partial charge < -0.3 is 5.11 Å². The van der Waals surface area contributed by atoms with E-state index in [1.165, 1.54) is 6.08 Å². The van der Waals surface area contributed by atoms with Gasteiger partial charge in [0.1, 0.15) is 0 Å². The molecule has 0 aromatic carbocycles. The Kier molecular flexibility index (Phi) is 6.21. The van der Waals surface area contributed by atoms with Crippen LogP contribution in [0.15, 0.2) is 21.8 Å². The molecule has 11 heavy (non-hydrogen) atoms. The smallest absolute Gasteiger partial charge is 0.328 e. The zero-order valence-corrected chi connectivity index (χ0v) is 8.54. The SMILES string of the molecule is CCCC(/C=C/I)=C\C(=O)O. The van der Waals surface area contributed by atoms with Crippen molar-refractivity contribution in [2.24, 2.45) is 0 Å². The number of rotatable bonds is 4. The third kappa shape index (κ3) is 6.09. The van der Waals surface area contributed by atoms with Crippen molar-refractivity contribution in [1.29, 1.82) is 0 Å². The fourth-order valence-corrected chi connectivity index (χ4v) is 1.19. The van der Waals surface area contributed by atoms with E-state index in [4.69, 9.17) is 5.11 Å². The van der Waals surface area contributed by atoms with Gasteiger partial charge in [-0.15, -0.1) is 0 Å². The number of halogens is 1. The van der Waals surface area contributed by atoms with Crippen LogP contribution in [0.5, 0.6) is 0 Å². The third-order valence-corrected chi connectivity index (χ3v) is 1.48. The van der Waals surface area contributed by atoms with Crippen LogP contribution < -0.4 is 0 Å². The summed E-state index contributed by atoms with van der Waals surface area (Å²) in [5.41, 5.74) is 0.870. The summed E-state index contributed by atoms with van der Waals surface area (Å²) in [6.45, 7) is 2.02. The molecule has 0 rings (SSSR count). The summed E-state index contributed by atoms with van der Waals surface area (Å²) < 4.78 is 1.82. The molecule has 0 spiro atoms. The van der Waals surface area contributed by atoms with Crippen LogP contribution in [0.25, 0.3) is 0 Å². The van der Waals surface area contributed by atoms with Gasteiger partial charge in [-0.3, -0.25) is 0 Å². The molecule has 0 aromatic heterocycles. The zero-order chi connectivity index (χ0) is 8.69. The Balaban J connectivity index is 4.19. The van der Waals surface area contributed by atoms with Crippen molar-refractivity contribution in [3.05, 3.63) is 21.8 Å². The zero-order valence-electron chi connectivity index (χ0n) is 6.38. The first-order valence-electron chi connectivity index (χ1n) is 3.41. The Hall–Kier alpha value is -0.320. The minimum Gasteiger partial charge on any atom is -0.478 e. The van der Waals surface area contributed by atoms with Crippen molar-refractivity contribution >= 4 is 28.6 Å². The fourth-order valence-electron chi connectivity index (χ4n) is 0.732. The van der Waals surface area contributed by atoms with Crippen LogP contribution in [0, 0.1) is 0 Å². The van der Waals surface area contributed by atoms with Gasteiger partial charge in [-0.25, -0.2) is 4.79 Å². The molecule has 0 amide bonds. The molecule has 0 saturated heterocycles. The molecule has 2 nitrogen and oxygen atoms in total. The second kappa shape index (κ2) is 6.39. The highest BCUT2D eigenvalue weighted by Crippen LogP contribution is 2.07. The molecule has 1 N–H and O–H groups in total. The lowest BCUT2D eigenvalue weighted by Gasteiger charge is -1.95. The first-order valence-corrected chi connectivity index (χ1v) is 4.65.